The van der Waals surface area contributed by atoms with Gasteiger partial charge in [0, 0.05) is 5.56 Å². The highest BCUT2D eigenvalue weighted by Crippen LogP contribution is 2.35. The highest BCUT2D eigenvalue weighted by Gasteiger charge is 2.20. The number of carboxylic acids is 1. The topological polar surface area (TPSA) is 50.2 Å². The van der Waals surface area contributed by atoms with Crippen LogP contribution in [0, 0.1) is 6.92 Å². The fraction of sp³-hybridized carbons (Fsp3) is 0.0667. The summed E-state index contributed by atoms with van der Waals surface area (Å²) in [5, 5.41) is 12.0. The van der Waals surface area contributed by atoms with E-state index < -0.39 is 5.97 Å². The second-order valence-electron chi connectivity index (χ2n) is 4.35. The lowest BCUT2D eigenvalue weighted by atomic mass is 10.2. The Kier molecular flexibility index (Phi) is 3.38. The molecule has 0 aliphatic heterocycles. The number of aromatic carboxylic acids is 1. The minimum Gasteiger partial charge on any atom is -0.477 e. The van der Waals surface area contributed by atoms with Crippen molar-refractivity contribution in [1.29, 1.82) is 0 Å². The summed E-state index contributed by atoms with van der Waals surface area (Å²) in [4.78, 5) is 17.1. The van der Waals surface area contributed by atoms with Crippen LogP contribution in [0.15, 0.2) is 41.8 Å². The average Bonchev–Trinajstić information content (AvgIpc) is 3.08. The summed E-state index contributed by atoms with van der Waals surface area (Å²) in [5.41, 5.74) is 2.68. The van der Waals surface area contributed by atoms with Crippen LogP contribution in [-0.4, -0.2) is 16.1 Å². The van der Waals surface area contributed by atoms with Crippen molar-refractivity contribution in [3.8, 4) is 21.1 Å². The van der Waals surface area contributed by atoms with Crippen molar-refractivity contribution in [2.24, 2.45) is 0 Å². The van der Waals surface area contributed by atoms with Gasteiger partial charge in [-0.05, 0) is 18.4 Å². The van der Waals surface area contributed by atoms with E-state index >= 15 is 0 Å². The Morgan fingerprint density at radius 3 is 2.55 bits per heavy atom. The molecule has 0 spiro atoms. The van der Waals surface area contributed by atoms with Gasteiger partial charge < -0.3 is 5.11 Å². The van der Waals surface area contributed by atoms with E-state index in [0.29, 0.717) is 10.6 Å². The normalized spacial score (nSPS) is 10.7. The molecule has 0 unspecified atom stereocenters. The summed E-state index contributed by atoms with van der Waals surface area (Å²) in [6, 6.07) is 11.7. The smallest absolute Gasteiger partial charge is 0.348 e. The van der Waals surface area contributed by atoms with E-state index in [2.05, 4.69) is 4.98 Å². The van der Waals surface area contributed by atoms with Crippen LogP contribution in [0.1, 0.15) is 15.2 Å². The van der Waals surface area contributed by atoms with Gasteiger partial charge in [-0.3, -0.25) is 0 Å². The van der Waals surface area contributed by atoms with Gasteiger partial charge in [0.25, 0.3) is 0 Å². The van der Waals surface area contributed by atoms with E-state index in [1.807, 2.05) is 48.7 Å². The molecular formula is C15H11NO2S2. The molecule has 0 radical (unpaired) electrons. The number of hydrogen-bond donors (Lipinski definition) is 1. The third-order valence-electron chi connectivity index (χ3n) is 2.87. The van der Waals surface area contributed by atoms with Gasteiger partial charge in [-0.1, -0.05) is 35.9 Å². The summed E-state index contributed by atoms with van der Waals surface area (Å²) in [5.74, 6) is -0.927. The van der Waals surface area contributed by atoms with Crippen LogP contribution in [0.3, 0.4) is 0 Å². The molecule has 0 saturated heterocycles. The molecule has 3 aromatic rings. The lowest BCUT2D eigenvalue weighted by Crippen LogP contribution is -1.94. The third-order valence-corrected chi connectivity index (χ3v) is 4.84. The molecule has 0 saturated carbocycles. The highest BCUT2D eigenvalue weighted by atomic mass is 32.1. The molecule has 3 nitrogen and oxygen atoms in total. The molecule has 20 heavy (non-hydrogen) atoms. The fourth-order valence-electron chi connectivity index (χ4n) is 1.87. The molecular weight excluding hydrogens is 290 g/mol. The van der Waals surface area contributed by atoms with Crippen LogP contribution in [-0.2, 0) is 0 Å². The maximum Gasteiger partial charge on any atom is 0.348 e. The summed E-state index contributed by atoms with van der Waals surface area (Å²) >= 11 is 2.72. The van der Waals surface area contributed by atoms with Crippen molar-refractivity contribution in [1.82, 2.24) is 4.98 Å². The quantitative estimate of drug-likeness (QED) is 0.772. The Labute approximate surface area is 124 Å². The van der Waals surface area contributed by atoms with Crippen molar-refractivity contribution in [3.63, 3.8) is 0 Å². The number of nitrogens with zero attached hydrogens (tertiary/aromatic N) is 1. The van der Waals surface area contributed by atoms with E-state index in [1.54, 1.807) is 0 Å². The standard InChI is InChI=1S/C15H11NO2S2/c1-9-4-6-10(7-5-9)14-16-12(11-3-2-8-19-11)13(20-14)15(17)18/h2-8H,1H3,(H,17,18). The van der Waals surface area contributed by atoms with Gasteiger partial charge in [0.1, 0.15) is 15.6 Å². The number of carboxylic acid groups (broad SMARTS) is 1. The van der Waals surface area contributed by atoms with E-state index in [9.17, 15) is 9.90 Å². The van der Waals surface area contributed by atoms with Gasteiger partial charge in [-0.2, -0.15) is 0 Å². The lowest BCUT2D eigenvalue weighted by molar-refractivity contribution is 0.0703. The second kappa shape index (κ2) is 5.19. The molecule has 0 bridgehead atoms. The first kappa shape index (κ1) is 13.0. The molecule has 2 aromatic heterocycles. The Balaban J connectivity index is 2.12. The van der Waals surface area contributed by atoms with E-state index in [0.717, 1.165) is 15.4 Å². The number of thiazole rings is 1. The predicted molar refractivity (Wildman–Crippen MR) is 82.6 cm³/mol. The molecule has 100 valence electrons. The number of carbonyl (C=O) groups is 1. The van der Waals surface area contributed by atoms with Crippen molar-refractivity contribution in [3.05, 3.63) is 52.2 Å². The maximum absolute atomic E-state index is 11.4. The first-order chi connectivity index (χ1) is 9.65. The monoisotopic (exact) mass is 301 g/mol. The van der Waals surface area contributed by atoms with Crippen LogP contribution in [0.5, 0.6) is 0 Å². The second-order valence-corrected chi connectivity index (χ2v) is 6.29. The molecule has 0 aliphatic rings. The zero-order chi connectivity index (χ0) is 14.1. The summed E-state index contributed by atoms with van der Waals surface area (Å²) in [6.07, 6.45) is 0. The van der Waals surface area contributed by atoms with Gasteiger partial charge in [0.15, 0.2) is 0 Å². The van der Waals surface area contributed by atoms with Gasteiger partial charge >= 0.3 is 5.97 Å². The zero-order valence-corrected chi connectivity index (χ0v) is 12.3. The van der Waals surface area contributed by atoms with Gasteiger partial charge in [-0.15, -0.1) is 22.7 Å². The van der Waals surface area contributed by atoms with Crippen molar-refractivity contribution < 1.29 is 9.90 Å². The van der Waals surface area contributed by atoms with Crippen molar-refractivity contribution in [2.75, 3.05) is 0 Å². The Morgan fingerprint density at radius 2 is 1.95 bits per heavy atom. The molecule has 3 rings (SSSR count). The molecule has 0 aliphatic carbocycles. The number of rotatable bonds is 3. The minimum absolute atomic E-state index is 0.294. The summed E-state index contributed by atoms with van der Waals surface area (Å²) in [6.45, 7) is 2.02. The number of thiophene rings is 1. The van der Waals surface area contributed by atoms with Crippen LogP contribution >= 0.6 is 22.7 Å². The Hall–Kier alpha value is -1.98. The molecule has 1 N–H and O–H groups in total. The summed E-state index contributed by atoms with van der Waals surface area (Å²) < 4.78 is 0. The minimum atomic E-state index is -0.927. The van der Waals surface area contributed by atoms with E-state index in [1.165, 1.54) is 28.2 Å². The number of aryl methyl sites for hydroxylation is 1. The fourth-order valence-corrected chi connectivity index (χ4v) is 3.57. The van der Waals surface area contributed by atoms with Gasteiger partial charge in [0.2, 0.25) is 0 Å². The van der Waals surface area contributed by atoms with Gasteiger partial charge in [0.05, 0.1) is 4.88 Å². The zero-order valence-electron chi connectivity index (χ0n) is 10.7. The summed E-state index contributed by atoms with van der Waals surface area (Å²) in [7, 11) is 0. The SMILES string of the molecule is Cc1ccc(-c2nc(-c3cccs3)c(C(=O)O)s2)cc1. The molecule has 2 heterocycles. The number of benzene rings is 1. The molecule has 0 amide bonds. The Morgan fingerprint density at radius 1 is 1.20 bits per heavy atom. The predicted octanol–water partition coefficient (Wildman–Crippen LogP) is 4.55. The molecule has 0 atom stereocenters. The lowest BCUT2D eigenvalue weighted by Gasteiger charge is -1.96. The van der Waals surface area contributed by atoms with Crippen molar-refractivity contribution in [2.45, 2.75) is 6.92 Å². The van der Waals surface area contributed by atoms with Crippen LogP contribution < -0.4 is 0 Å². The maximum atomic E-state index is 11.4. The van der Waals surface area contributed by atoms with E-state index in [-0.39, 0.29) is 0 Å². The molecule has 5 heteroatoms. The third kappa shape index (κ3) is 2.37. The average molecular weight is 301 g/mol. The molecule has 0 fully saturated rings. The number of aromatic nitrogens is 1. The van der Waals surface area contributed by atoms with Crippen LogP contribution in [0.4, 0.5) is 0 Å². The largest absolute Gasteiger partial charge is 0.477 e. The van der Waals surface area contributed by atoms with Crippen LogP contribution in [0.2, 0.25) is 0 Å². The molecule has 1 aromatic carbocycles. The highest BCUT2D eigenvalue weighted by molar-refractivity contribution is 7.18. The Bertz CT molecular complexity index is 743. The van der Waals surface area contributed by atoms with E-state index in [4.69, 9.17) is 0 Å². The first-order valence-electron chi connectivity index (χ1n) is 6.00. The van der Waals surface area contributed by atoms with Crippen LogP contribution in [0.25, 0.3) is 21.1 Å². The van der Waals surface area contributed by atoms with Crippen molar-refractivity contribution >= 4 is 28.6 Å². The number of hydrogen-bond acceptors (Lipinski definition) is 4. The van der Waals surface area contributed by atoms with Gasteiger partial charge in [-0.25, -0.2) is 9.78 Å². The first-order valence-corrected chi connectivity index (χ1v) is 7.70.